The molecule has 3 aromatic carbocycles. The molecular formula is C24H15NOS. The van der Waals surface area contributed by atoms with Crippen molar-refractivity contribution in [3.63, 3.8) is 0 Å². The Hall–Kier alpha value is -3.17. The average Bonchev–Trinajstić information content (AvgIpc) is 3.24. The van der Waals surface area contributed by atoms with Crippen LogP contribution in [-0.4, -0.2) is 4.98 Å². The minimum atomic E-state index is 0.908. The molecule has 2 nitrogen and oxygen atoms in total. The van der Waals surface area contributed by atoms with Crippen LogP contribution in [0.5, 0.6) is 0 Å². The van der Waals surface area contributed by atoms with Crippen molar-refractivity contribution in [3.8, 4) is 11.3 Å². The zero-order valence-electron chi connectivity index (χ0n) is 14.7. The molecule has 0 bridgehead atoms. The van der Waals surface area contributed by atoms with Crippen molar-refractivity contribution < 1.29 is 4.42 Å². The number of thiophene rings is 1. The van der Waals surface area contributed by atoms with E-state index in [-0.39, 0.29) is 0 Å². The van der Waals surface area contributed by atoms with Crippen LogP contribution in [0, 0.1) is 6.92 Å². The highest BCUT2D eigenvalue weighted by Crippen LogP contribution is 2.38. The zero-order chi connectivity index (χ0) is 18.0. The average molecular weight is 365 g/mol. The number of hydrogen-bond acceptors (Lipinski definition) is 3. The number of fused-ring (bicyclic) bond motifs is 6. The van der Waals surface area contributed by atoms with E-state index >= 15 is 0 Å². The molecule has 27 heavy (non-hydrogen) atoms. The molecule has 0 N–H and O–H groups in total. The fourth-order valence-electron chi connectivity index (χ4n) is 3.87. The van der Waals surface area contributed by atoms with Gasteiger partial charge in [-0.05, 0) is 36.8 Å². The molecule has 0 fully saturated rings. The molecule has 0 amide bonds. The van der Waals surface area contributed by atoms with Crippen molar-refractivity contribution in [2.75, 3.05) is 0 Å². The van der Waals surface area contributed by atoms with Gasteiger partial charge in [-0.1, -0.05) is 42.5 Å². The molecule has 128 valence electrons. The summed E-state index contributed by atoms with van der Waals surface area (Å²) in [7, 11) is 0. The lowest BCUT2D eigenvalue weighted by molar-refractivity contribution is 0.669. The molecule has 3 heteroatoms. The molecule has 0 saturated heterocycles. The van der Waals surface area contributed by atoms with Crippen LogP contribution >= 0.6 is 11.3 Å². The Kier molecular flexibility index (Phi) is 3.00. The molecule has 0 aliphatic rings. The van der Waals surface area contributed by atoms with Gasteiger partial charge in [-0.3, -0.25) is 4.98 Å². The molecule has 0 saturated carbocycles. The molecule has 6 rings (SSSR count). The van der Waals surface area contributed by atoms with Crippen molar-refractivity contribution in [1.29, 1.82) is 0 Å². The van der Waals surface area contributed by atoms with Gasteiger partial charge in [-0.2, -0.15) is 0 Å². The summed E-state index contributed by atoms with van der Waals surface area (Å²) in [6.45, 7) is 2.09. The Bertz CT molecular complexity index is 1490. The molecule has 0 atom stereocenters. The first-order chi connectivity index (χ1) is 13.3. The summed E-state index contributed by atoms with van der Waals surface area (Å²) in [5.41, 5.74) is 5.04. The first kappa shape index (κ1) is 14.9. The summed E-state index contributed by atoms with van der Waals surface area (Å²) < 4.78 is 8.80. The second-order valence-electron chi connectivity index (χ2n) is 6.95. The molecule has 3 heterocycles. The van der Waals surface area contributed by atoms with E-state index in [0.29, 0.717) is 0 Å². The van der Waals surface area contributed by atoms with Crippen LogP contribution in [0.1, 0.15) is 5.56 Å². The Morgan fingerprint density at radius 1 is 0.778 bits per heavy atom. The highest BCUT2D eigenvalue weighted by molar-refractivity contribution is 7.25. The highest BCUT2D eigenvalue weighted by atomic mass is 32.1. The maximum absolute atomic E-state index is 6.25. The van der Waals surface area contributed by atoms with Gasteiger partial charge < -0.3 is 4.42 Å². The van der Waals surface area contributed by atoms with Crippen molar-refractivity contribution in [1.82, 2.24) is 4.98 Å². The number of benzene rings is 3. The third kappa shape index (κ3) is 2.15. The molecule has 0 spiro atoms. The van der Waals surface area contributed by atoms with Crippen LogP contribution in [0.4, 0.5) is 0 Å². The summed E-state index contributed by atoms with van der Waals surface area (Å²) in [5, 5.41) is 4.78. The SMILES string of the molecule is Cc1ccc2c(c1)oc1c(-c3cc4sc5ccccc5c4cn3)cccc12. The molecule has 3 aromatic heterocycles. The lowest BCUT2D eigenvalue weighted by Crippen LogP contribution is -1.83. The molecule has 0 unspecified atom stereocenters. The van der Waals surface area contributed by atoms with Crippen LogP contribution in [-0.2, 0) is 0 Å². The largest absolute Gasteiger partial charge is 0.455 e. The summed E-state index contributed by atoms with van der Waals surface area (Å²) in [4.78, 5) is 4.78. The minimum Gasteiger partial charge on any atom is -0.455 e. The summed E-state index contributed by atoms with van der Waals surface area (Å²) in [6.07, 6.45) is 2.00. The highest BCUT2D eigenvalue weighted by Gasteiger charge is 2.14. The lowest BCUT2D eigenvalue weighted by Gasteiger charge is -2.02. The van der Waals surface area contributed by atoms with E-state index in [0.717, 1.165) is 33.2 Å². The lowest BCUT2D eigenvalue weighted by atomic mass is 10.1. The van der Waals surface area contributed by atoms with Crippen molar-refractivity contribution in [2.45, 2.75) is 6.92 Å². The Balaban J connectivity index is 1.64. The number of pyridine rings is 1. The topological polar surface area (TPSA) is 26.0 Å². The smallest absolute Gasteiger partial charge is 0.144 e. The minimum absolute atomic E-state index is 0.908. The maximum Gasteiger partial charge on any atom is 0.144 e. The molecule has 6 aromatic rings. The van der Waals surface area contributed by atoms with E-state index in [1.807, 2.05) is 17.5 Å². The van der Waals surface area contributed by atoms with Gasteiger partial charge in [0.05, 0.1) is 5.69 Å². The predicted octanol–water partition coefficient (Wildman–Crippen LogP) is 7.32. The molecule has 0 radical (unpaired) electrons. The van der Waals surface area contributed by atoms with Crippen LogP contribution < -0.4 is 0 Å². The van der Waals surface area contributed by atoms with Gasteiger partial charge in [-0.15, -0.1) is 11.3 Å². The van der Waals surface area contributed by atoms with Crippen molar-refractivity contribution in [3.05, 3.63) is 78.5 Å². The first-order valence-electron chi connectivity index (χ1n) is 8.97. The third-order valence-corrected chi connectivity index (χ3v) is 6.33. The molecule has 0 aliphatic carbocycles. The molecule has 0 aliphatic heterocycles. The number of aromatic nitrogens is 1. The van der Waals surface area contributed by atoms with Gasteiger partial charge in [0.1, 0.15) is 11.2 Å². The van der Waals surface area contributed by atoms with Crippen LogP contribution in [0.25, 0.3) is 53.4 Å². The van der Waals surface area contributed by atoms with Crippen LogP contribution in [0.15, 0.2) is 77.3 Å². The predicted molar refractivity (Wildman–Crippen MR) is 115 cm³/mol. The second-order valence-corrected chi connectivity index (χ2v) is 8.03. The summed E-state index contributed by atoms with van der Waals surface area (Å²) in [5.74, 6) is 0. The van der Waals surface area contributed by atoms with E-state index in [2.05, 4.69) is 73.7 Å². The standard InChI is InChI=1S/C24H15NOS/c1-14-9-10-15-17-6-4-7-18(24(17)26-21(15)11-14)20-12-23-19(13-25-20)16-5-2-3-8-22(16)27-23/h2-13H,1H3. The van der Waals surface area contributed by atoms with Crippen molar-refractivity contribution in [2.24, 2.45) is 0 Å². The van der Waals surface area contributed by atoms with Gasteiger partial charge in [0.15, 0.2) is 0 Å². The van der Waals surface area contributed by atoms with E-state index in [9.17, 15) is 0 Å². The van der Waals surface area contributed by atoms with E-state index < -0.39 is 0 Å². The Labute approximate surface area is 159 Å². The number of para-hydroxylation sites is 1. The number of rotatable bonds is 1. The van der Waals surface area contributed by atoms with E-state index in [1.165, 1.54) is 25.7 Å². The van der Waals surface area contributed by atoms with E-state index in [1.54, 1.807) is 0 Å². The number of hydrogen-bond donors (Lipinski definition) is 0. The third-order valence-electron chi connectivity index (χ3n) is 5.19. The van der Waals surface area contributed by atoms with Gasteiger partial charge in [0, 0.05) is 42.7 Å². The quantitative estimate of drug-likeness (QED) is 0.305. The summed E-state index contributed by atoms with van der Waals surface area (Å²) >= 11 is 1.81. The summed E-state index contributed by atoms with van der Waals surface area (Å²) in [6, 6.07) is 23.4. The Morgan fingerprint density at radius 3 is 2.63 bits per heavy atom. The van der Waals surface area contributed by atoms with Crippen LogP contribution in [0.2, 0.25) is 0 Å². The fourth-order valence-corrected chi connectivity index (χ4v) is 4.99. The normalized spacial score (nSPS) is 11.9. The number of furan rings is 1. The van der Waals surface area contributed by atoms with Gasteiger partial charge >= 0.3 is 0 Å². The Morgan fingerprint density at radius 2 is 1.67 bits per heavy atom. The van der Waals surface area contributed by atoms with E-state index in [4.69, 9.17) is 9.40 Å². The van der Waals surface area contributed by atoms with Gasteiger partial charge in [0.2, 0.25) is 0 Å². The second kappa shape index (κ2) is 5.41. The van der Waals surface area contributed by atoms with Gasteiger partial charge in [-0.25, -0.2) is 0 Å². The maximum atomic E-state index is 6.25. The number of nitrogens with zero attached hydrogens (tertiary/aromatic N) is 1. The van der Waals surface area contributed by atoms with Crippen LogP contribution in [0.3, 0.4) is 0 Å². The number of aryl methyl sites for hydroxylation is 1. The zero-order valence-corrected chi connectivity index (χ0v) is 15.5. The molecular weight excluding hydrogens is 350 g/mol. The fraction of sp³-hybridized carbons (Fsp3) is 0.0417. The van der Waals surface area contributed by atoms with Crippen molar-refractivity contribution >= 4 is 53.4 Å². The first-order valence-corrected chi connectivity index (χ1v) is 9.79. The van der Waals surface area contributed by atoms with Gasteiger partial charge in [0.25, 0.3) is 0 Å². The monoisotopic (exact) mass is 365 g/mol.